The summed E-state index contributed by atoms with van der Waals surface area (Å²) >= 11 is 0. The molecular formula is C29H58FN5O3. The smallest absolute Gasteiger partial charge is 0.214 e. The van der Waals surface area contributed by atoms with E-state index < -0.39 is 18.6 Å². The van der Waals surface area contributed by atoms with E-state index in [1.165, 1.54) is 33.1 Å². The van der Waals surface area contributed by atoms with Gasteiger partial charge in [0.2, 0.25) is 12.3 Å². The Hall–Kier alpha value is -2.07. The predicted molar refractivity (Wildman–Crippen MR) is 158 cm³/mol. The van der Waals surface area contributed by atoms with E-state index in [0.717, 1.165) is 55.3 Å². The van der Waals surface area contributed by atoms with Crippen molar-refractivity contribution < 1.29 is 19.1 Å². The Morgan fingerprint density at radius 2 is 1.71 bits per heavy atom. The molecule has 8 N–H and O–H groups in total. The van der Waals surface area contributed by atoms with Gasteiger partial charge in [-0.15, -0.1) is 0 Å². The van der Waals surface area contributed by atoms with Crippen LogP contribution in [0.25, 0.3) is 0 Å². The average Bonchev–Trinajstić information content (AvgIpc) is 2.88. The zero-order chi connectivity index (χ0) is 30.1. The summed E-state index contributed by atoms with van der Waals surface area (Å²) in [5.74, 6) is -0.333. The number of rotatable bonds is 15. The highest BCUT2D eigenvalue weighted by Gasteiger charge is 2.19. The SMILES string of the molecule is CC.CC(N)=O.CCCCC(CC)N(C=O)Cc1ccc(C(N)NC(O)C(C)F)cc1C.CCCCCN. The van der Waals surface area contributed by atoms with Crippen LogP contribution < -0.4 is 22.5 Å². The van der Waals surface area contributed by atoms with E-state index in [2.05, 4.69) is 31.8 Å². The minimum Gasteiger partial charge on any atom is -0.375 e. The number of nitrogens with two attached hydrogens (primary N) is 3. The van der Waals surface area contributed by atoms with Gasteiger partial charge in [-0.05, 0) is 56.3 Å². The first-order valence-corrected chi connectivity index (χ1v) is 14.1. The van der Waals surface area contributed by atoms with Crippen LogP contribution >= 0.6 is 0 Å². The zero-order valence-electron chi connectivity index (χ0n) is 25.3. The van der Waals surface area contributed by atoms with Crippen LogP contribution in [0.3, 0.4) is 0 Å². The number of primary amides is 1. The van der Waals surface area contributed by atoms with Crippen molar-refractivity contribution in [3.63, 3.8) is 0 Å². The van der Waals surface area contributed by atoms with Gasteiger partial charge in [-0.1, -0.05) is 78.5 Å². The van der Waals surface area contributed by atoms with Crippen molar-refractivity contribution >= 4 is 12.3 Å². The number of unbranched alkanes of at least 4 members (excludes halogenated alkanes) is 3. The van der Waals surface area contributed by atoms with Gasteiger partial charge in [0.25, 0.3) is 0 Å². The number of hydrogen-bond acceptors (Lipinski definition) is 6. The van der Waals surface area contributed by atoms with Crippen LogP contribution in [-0.2, 0) is 16.1 Å². The topological polar surface area (TPSA) is 148 Å². The fourth-order valence-electron chi connectivity index (χ4n) is 3.39. The molecule has 0 aliphatic rings. The van der Waals surface area contributed by atoms with Crippen molar-refractivity contribution in [3.05, 3.63) is 34.9 Å². The van der Waals surface area contributed by atoms with Gasteiger partial charge in [-0.25, -0.2) is 4.39 Å². The Bertz CT molecular complexity index is 699. The number of aryl methyl sites for hydroxylation is 1. The molecule has 8 nitrogen and oxygen atoms in total. The third kappa shape index (κ3) is 20.9. The first-order chi connectivity index (χ1) is 18.0. The third-order valence-electron chi connectivity index (χ3n) is 5.64. The van der Waals surface area contributed by atoms with Crippen molar-refractivity contribution in [2.75, 3.05) is 6.54 Å². The molecule has 1 aromatic carbocycles. The maximum atomic E-state index is 13.1. The van der Waals surface area contributed by atoms with E-state index in [1.54, 1.807) is 0 Å². The fourth-order valence-corrected chi connectivity index (χ4v) is 3.39. The highest BCUT2D eigenvalue weighted by molar-refractivity contribution is 5.70. The Kier molecular flexibility index (Phi) is 28.2. The summed E-state index contributed by atoms with van der Waals surface area (Å²) in [5.41, 5.74) is 18.5. The molecule has 0 bridgehead atoms. The van der Waals surface area contributed by atoms with Crippen LogP contribution in [0.5, 0.6) is 0 Å². The summed E-state index contributed by atoms with van der Waals surface area (Å²) in [6.45, 7) is 16.4. The standard InChI is InChI=1S/C20H34FN3O2.C5H13N.C2H5NO.C2H6/c1-5-7-8-18(6-2)24(13-25)12-17-10-9-16(11-14(17)3)19(22)23-20(26)15(4)21;1-2-3-4-5-6;1-2(3)4;1-2/h9-11,13,15,18-20,23,26H,5-8,12,22H2,1-4H3;2-6H2,1H3;1H3,(H2,3,4);1-2H3. The normalized spacial score (nSPS) is 13.2. The van der Waals surface area contributed by atoms with Crippen LogP contribution in [0.15, 0.2) is 18.2 Å². The van der Waals surface area contributed by atoms with Crippen molar-refractivity contribution in [1.82, 2.24) is 10.2 Å². The summed E-state index contributed by atoms with van der Waals surface area (Å²) in [7, 11) is 0. The number of nitrogens with zero attached hydrogens (tertiary/aromatic N) is 1. The highest BCUT2D eigenvalue weighted by atomic mass is 19.1. The van der Waals surface area contributed by atoms with Crippen molar-refractivity contribution in [3.8, 4) is 0 Å². The summed E-state index contributed by atoms with van der Waals surface area (Å²) < 4.78 is 13.1. The Balaban J connectivity index is -0.000000854. The number of halogens is 1. The molecule has 0 saturated carbocycles. The number of aliphatic hydroxyl groups is 1. The fraction of sp³-hybridized carbons (Fsp3) is 0.724. The van der Waals surface area contributed by atoms with Crippen LogP contribution in [-0.4, -0.2) is 47.3 Å². The first-order valence-electron chi connectivity index (χ1n) is 14.1. The highest BCUT2D eigenvalue weighted by Crippen LogP contribution is 2.20. The molecule has 0 radical (unpaired) electrons. The number of benzene rings is 1. The number of hydrogen-bond donors (Lipinski definition) is 5. The van der Waals surface area contributed by atoms with Gasteiger partial charge in [-0.3, -0.25) is 14.9 Å². The molecule has 38 heavy (non-hydrogen) atoms. The molecule has 4 unspecified atom stereocenters. The number of aliphatic hydroxyl groups excluding tert-OH is 1. The lowest BCUT2D eigenvalue weighted by molar-refractivity contribution is -0.121. The van der Waals surface area contributed by atoms with E-state index in [1.807, 2.05) is 43.9 Å². The maximum Gasteiger partial charge on any atom is 0.214 e. The second-order valence-electron chi connectivity index (χ2n) is 9.04. The average molecular weight is 544 g/mol. The first kappa shape index (κ1) is 40.4. The van der Waals surface area contributed by atoms with Gasteiger partial charge in [0.15, 0.2) is 0 Å². The molecule has 0 fully saturated rings. The van der Waals surface area contributed by atoms with Gasteiger partial charge in [0, 0.05) is 19.5 Å². The molecule has 4 atom stereocenters. The molecular weight excluding hydrogens is 485 g/mol. The summed E-state index contributed by atoms with van der Waals surface area (Å²) in [6, 6.07) is 5.96. The van der Waals surface area contributed by atoms with Crippen LogP contribution in [0, 0.1) is 6.92 Å². The lowest BCUT2D eigenvalue weighted by atomic mass is 10.0. The van der Waals surface area contributed by atoms with Crippen LogP contribution in [0.1, 0.15) is 116 Å². The lowest BCUT2D eigenvalue weighted by Gasteiger charge is -2.28. The van der Waals surface area contributed by atoms with Crippen molar-refractivity contribution in [1.29, 1.82) is 0 Å². The Labute approximate surface area is 231 Å². The quantitative estimate of drug-likeness (QED) is 0.122. The minimum absolute atomic E-state index is 0.247. The molecule has 1 aromatic rings. The van der Waals surface area contributed by atoms with E-state index in [9.17, 15) is 19.1 Å². The molecule has 0 aromatic heterocycles. The zero-order valence-corrected chi connectivity index (χ0v) is 25.3. The number of alkyl halides is 1. The second-order valence-corrected chi connectivity index (χ2v) is 9.04. The van der Waals surface area contributed by atoms with Gasteiger partial charge in [0.1, 0.15) is 12.4 Å². The van der Waals surface area contributed by atoms with Crippen molar-refractivity contribution in [2.45, 2.75) is 131 Å². The molecule has 0 aliphatic heterocycles. The third-order valence-corrected chi connectivity index (χ3v) is 5.64. The predicted octanol–water partition coefficient (Wildman–Crippen LogP) is 4.80. The van der Waals surface area contributed by atoms with Gasteiger partial charge >= 0.3 is 0 Å². The molecule has 0 heterocycles. The van der Waals surface area contributed by atoms with Gasteiger partial charge in [0.05, 0.1) is 6.17 Å². The number of amides is 2. The second kappa shape index (κ2) is 26.5. The van der Waals surface area contributed by atoms with Crippen LogP contribution in [0.2, 0.25) is 0 Å². The number of carbonyl (C=O) groups excluding carboxylic acids is 2. The van der Waals surface area contributed by atoms with E-state index in [4.69, 9.17) is 11.5 Å². The van der Waals surface area contributed by atoms with Gasteiger partial charge in [-0.2, -0.15) is 0 Å². The summed E-state index contributed by atoms with van der Waals surface area (Å²) in [4.78, 5) is 22.7. The molecule has 0 spiro atoms. The van der Waals surface area contributed by atoms with E-state index >= 15 is 0 Å². The minimum atomic E-state index is -1.41. The van der Waals surface area contributed by atoms with E-state index in [-0.39, 0.29) is 11.9 Å². The van der Waals surface area contributed by atoms with E-state index in [0.29, 0.717) is 6.54 Å². The lowest BCUT2D eigenvalue weighted by Crippen LogP contribution is -2.42. The molecule has 0 aliphatic carbocycles. The monoisotopic (exact) mass is 543 g/mol. The molecule has 9 heteroatoms. The molecule has 224 valence electrons. The van der Waals surface area contributed by atoms with Crippen molar-refractivity contribution in [2.24, 2.45) is 17.2 Å². The Morgan fingerprint density at radius 1 is 1.16 bits per heavy atom. The summed E-state index contributed by atoms with van der Waals surface area (Å²) in [6.07, 6.45) is 5.48. The van der Waals surface area contributed by atoms with Crippen LogP contribution in [0.4, 0.5) is 4.39 Å². The summed E-state index contributed by atoms with van der Waals surface area (Å²) in [5, 5.41) is 12.2. The maximum absolute atomic E-state index is 13.1. The molecule has 2 amide bonds. The van der Waals surface area contributed by atoms with Gasteiger partial charge < -0.3 is 27.2 Å². The largest absolute Gasteiger partial charge is 0.375 e. The molecule has 0 saturated heterocycles. The molecule has 1 rings (SSSR count). The Morgan fingerprint density at radius 3 is 2.08 bits per heavy atom. The number of carbonyl (C=O) groups is 2. The number of nitrogens with one attached hydrogen (secondary N) is 1.